The van der Waals surface area contributed by atoms with Gasteiger partial charge in [0.15, 0.2) is 5.78 Å². The van der Waals surface area contributed by atoms with Gasteiger partial charge in [-0.1, -0.05) is 13.3 Å². The molecule has 30 heavy (non-hydrogen) atoms. The van der Waals surface area contributed by atoms with Gasteiger partial charge in [0.2, 0.25) is 0 Å². The Hall–Kier alpha value is -3.68. The minimum Gasteiger partial charge on any atom is -0.507 e. The SMILES string of the molecule is CCCc1c(OCc2cc(C)cn3c(=O)c(C(=O)O)cnc23)ccc(C(C)=O)c1O. The predicted octanol–water partition coefficient (Wildman–Crippen LogP) is 3.14. The van der Waals surface area contributed by atoms with E-state index in [1.54, 1.807) is 19.1 Å². The van der Waals surface area contributed by atoms with Crippen LogP contribution in [0.15, 0.2) is 35.4 Å². The number of ketones is 1. The van der Waals surface area contributed by atoms with Crippen LogP contribution in [0.4, 0.5) is 0 Å². The van der Waals surface area contributed by atoms with Crippen molar-refractivity contribution in [2.45, 2.75) is 40.2 Å². The lowest BCUT2D eigenvalue weighted by atomic mass is 10.0. The number of carbonyl (C=O) groups excluding carboxylic acids is 1. The van der Waals surface area contributed by atoms with Crippen LogP contribution in [-0.4, -0.2) is 31.4 Å². The number of hydrogen-bond donors (Lipinski definition) is 2. The number of Topliss-reactive ketones (excluding diaryl/α,β-unsaturated/α-hetero) is 1. The fourth-order valence-electron chi connectivity index (χ4n) is 3.34. The topological polar surface area (TPSA) is 118 Å². The van der Waals surface area contributed by atoms with Gasteiger partial charge >= 0.3 is 5.97 Å². The molecule has 0 fully saturated rings. The predicted molar refractivity (Wildman–Crippen MR) is 110 cm³/mol. The van der Waals surface area contributed by atoms with Crippen molar-refractivity contribution in [3.63, 3.8) is 0 Å². The number of ether oxygens (including phenoxy) is 1. The second-order valence-corrected chi connectivity index (χ2v) is 7.05. The second kappa shape index (κ2) is 8.36. The molecule has 1 aromatic carbocycles. The summed E-state index contributed by atoms with van der Waals surface area (Å²) < 4.78 is 7.12. The summed E-state index contributed by atoms with van der Waals surface area (Å²) in [7, 11) is 0. The number of pyridine rings is 1. The Morgan fingerprint density at radius 1 is 1.23 bits per heavy atom. The summed E-state index contributed by atoms with van der Waals surface area (Å²) in [6, 6.07) is 4.95. The van der Waals surface area contributed by atoms with Gasteiger partial charge in [0.1, 0.15) is 29.3 Å². The molecule has 8 heteroatoms. The third-order valence-electron chi connectivity index (χ3n) is 4.75. The minimum atomic E-state index is -1.34. The Kier molecular flexibility index (Phi) is 5.86. The molecule has 0 saturated carbocycles. The molecule has 0 amide bonds. The van der Waals surface area contributed by atoms with Crippen LogP contribution in [0.25, 0.3) is 5.65 Å². The van der Waals surface area contributed by atoms with E-state index in [1.807, 2.05) is 6.92 Å². The zero-order valence-electron chi connectivity index (χ0n) is 16.9. The Morgan fingerprint density at radius 2 is 1.97 bits per heavy atom. The molecule has 0 aliphatic rings. The first-order valence-electron chi connectivity index (χ1n) is 9.47. The van der Waals surface area contributed by atoms with Crippen molar-refractivity contribution in [3.05, 3.63) is 68.8 Å². The van der Waals surface area contributed by atoms with Crippen LogP contribution in [0.5, 0.6) is 11.5 Å². The van der Waals surface area contributed by atoms with Crippen LogP contribution < -0.4 is 10.3 Å². The summed E-state index contributed by atoms with van der Waals surface area (Å²) in [4.78, 5) is 39.6. The Morgan fingerprint density at radius 3 is 2.60 bits per heavy atom. The van der Waals surface area contributed by atoms with Crippen molar-refractivity contribution in [2.24, 2.45) is 0 Å². The quantitative estimate of drug-likeness (QED) is 0.575. The molecule has 2 N–H and O–H groups in total. The molecule has 0 unspecified atom stereocenters. The number of aryl methyl sites for hydroxylation is 1. The number of aromatic carboxylic acids is 1. The van der Waals surface area contributed by atoms with E-state index in [2.05, 4.69) is 4.98 Å². The van der Waals surface area contributed by atoms with Gasteiger partial charge in [0.05, 0.1) is 5.56 Å². The van der Waals surface area contributed by atoms with Crippen LogP contribution in [-0.2, 0) is 13.0 Å². The lowest BCUT2D eigenvalue weighted by Gasteiger charge is -2.16. The normalized spacial score (nSPS) is 10.9. The number of hydrogen-bond acceptors (Lipinski definition) is 6. The first-order valence-corrected chi connectivity index (χ1v) is 9.47. The van der Waals surface area contributed by atoms with E-state index in [0.29, 0.717) is 23.3 Å². The molecule has 0 aliphatic carbocycles. The number of carbonyl (C=O) groups is 2. The van der Waals surface area contributed by atoms with Gasteiger partial charge in [0, 0.05) is 23.5 Å². The van der Waals surface area contributed by atoms with Gasteiger partial charge in [-0.15, -0.1) is 0 Å². The zero-order valence-corrected chi connectivity index (χ0v) is 16.9. The standard InChI is InChI=1S/C22H22N2O6/c1-4-5-16-18(7-6-15(13(3)25)19(16)26)30-11-14-8-12(2)10-24-20(14)23-9-17(21(24)27)22(28)29/h6-10,26H,4-5,11H2,1-3H3,(H,28,29). The summed E-state index contributed by atoms with van der Waals surface area (Å²) in [6.07, 6.45) is 3.83. The van der Waals surface area contributed by atoms with E-state index in [4.69, 9.17) is 9.84 Å². The van der Waals surface area contributed by atoms with E-state index in [9.17, 15) is 19.5 Å². The molecule has 0 atom stereocenters. The molecule has 0 saturated heterocycles. The fraction of sp³-hybridized carbons (Fsp3) is 0.273. The van der Waals surface area contributed by atoms with Crippen molar-refractivity contribution in [1.29, 1.82) is 0 Å². The van der Waals surface area contributed by atoms with E-state index in [0.717, 1.165) is 18.2 Å². The van der Waals surface area contributed by atoms with Crippen LogP contribution in [0.1, 0.15) is 57.7 Å². The number of aromatic hydroxyl groups is 1. The molecule has 2 aromatic heterocycles. The summed E-state index contributed by atoms with van der Waals surface area (Å²) in [5, 5.41) is 19.6. The van der Waals surface area contributed by atoms with E-state index < -0.39 is 17.1 Å². The Bertz CT molecular complexity index is 1210. The van der Waals surface area contributed by atoms with Gasteiger partial charge in [0.25, 0.3) is 5.56 Å². The highest BCUT2D eigenvalue weighted by Gasteiger charge is 2.18. The number of carboxylic acid groups (broad SMARTS) is 1. The monoisotopic (exact) mass is 410 g/mol. The molecule has 156 valence electrons. The second-order valence-electron chi connectivity index (χ2n) is 7.05. The summed E-state index contributed by atoms with van der Waals surface area (Å²) in [6.45, 7) is 5.16. The molecule has 0 bridgehead atoms. The number of rotatable bonds is 7. The summed E-state index contributed by atoms with van der Waals surface area (Å²) in [5.41, 5.74) is 1.30. The number of phenolic OH excluding ortho intramolecular Hbond substituents is 1. The number of nitrogens with zero attached hydrogens (tertiary/aromatic N) is 2. The number of aromatic nitrogens is 2. The molecule has 8 nitrogen and oxygen atoms in total. The van der Waals surface area contributed by atoms with E-state index in [-0.39, 0.29) is 29.4 Å². The van der Waals surface area contributed by atoms with Crippen molar-refractivity contribution in [2.75, 3.05) is 0 Å². The summed E-state index contributed by atoms with van der Waals surface area (Å²) >= 11 is 0. The maximum atomic E-state index is 12.5. The molecular formula is C22H22N2O6. The largest absolute Gasteiger partial charge is 0.507 e. The average Bonchev–Trinajstić information content (AvgIpc) is 2.68. The molecule has 0 spiro atoms. The van der Waals surface area contributed by atoms with Gasteiger partial charge in [-0.2, -0.15) is 0 Å². The van der Waals surface area contributed by atoms with Crippen molar-refractivity contribution < 1.29 is 24.5 Å². The molecular weight excluding hydrogens is 388 g/mol. The number of benzene rings is 1. The van der Waals surface area contributed by atoms with Crippen molar-refractivity contribution >= 4 is 17.4 Å². The third kappa shape index (κ3) is 3.89. The highest BCUT2D eigenvalue weighted by Crippen LogP contribution is 2.33. The van der Waals surface area contributed by atoms with Gasteiger partial charge in [-0.3, -0.25) is 14.0 Å². The number of fused-ring (bicyclic) bond motifs is 1. The smallest absolute Gasteiger partial charge is 0.342 e. The lowest BCUT2D eigenvalue weighted by Crippen LogP contribution is -2.23. The van der Waals surface area contributed by atoms with Crippen LogP contribution in [0, 0.1) is 6.92 Å². The first kappa shape index (κ1) is 21.0. The molecule has 0 radical (unpaired) electrons. The maximum absolute atomic E-state index is 12.5. The Balaban J connectivity index is 2.03. The highest BCUT2D eigenvalue weighted by atomic mass is 16.5. The number of phenols is 1. The van der Waals surface area contributed by atoms with Crippen molar-refractivity contribution in [1.82, 2.24) is 9.38 Å². The fourth-order valence-corrected chi connectivity index (χ4v) is 3.34. The maximum Gasteiger partial charge on any atom is 0.342 e. The van der Waals surface area contributed by atoms with Gasteiger partial charge < -0.3 is 14.9 Å². The van der Waals surface area contributed by atoms with E-state index in [1.165, 1.54) is 23.6 Å². The molecule has 3 rings (SSSR count). The highest BCUT2D eigenvalue weighted by molar-refractivity contribution is 5.97. The van der Waals surface area contributed by atoms with Crippen molar-refractivity contribution in [3.8, 4) is 11.5 Å². The zero-order chi connectivity index (χ0) is 22.0. The van der Waals surface area contributed by atoms with E-state index >= 15 is 0 Å². The Labute approximate surface area is 172 Å². The van der Waals surface area contributed by atoms with Crippen LogP contribution in [0.3, 0.4) is 0 Å². The average molecular weight is 410 g/mol. The molecule has 3 aromatic rings. The lowest BCUT2D eigenvalue weighted by molar-refractivity contribution is 0.0694. The molecule has 2 heterocycles. The third-order valence-corrected chi connectivity index (χ3v) is 4.75. The minimum absolute atomic E-state index is 0.0413. The first-order chi connectivity index (χ1) is 14.2. The number of carboxylic acids is 1. The molecule has 0 aliphatic heterocycles. The van der Waals surface area contributed by atoms with Crippen LogP contribution in [0.2, 0.25) is 0 Å². The van der Waals surface area contributed by atoms with Gasteiger partial charge in [-0.25, -0.2) is 9.78 Å². The summed E-state index contributed by atoms with van der Waals surface area (Å²) in [5.74, 6) is -1.23. The van der Waals surface area contributed by atoms with Gasteiger partial charge in [-0.05, 0) is 44.0 Å². The van der Waals surface area contributed by atoms with Crippen LogP contribution >= 0.6 is 0 Å².